The summed E-state index contributed by atoms with van der Waals surface area (Å²) >= 11 is 0. The van der Waals surface area contributed by atoms with Crippen molar-refractivity contribution < 1.29 is 0 Å². The molecular weight excluding hydrogens is 222 g/mol. The first-order chi connectivity index (χ1) is 8.70. The van der Waals surface area contributed by atoms with Crippen LogP contribution < -0.4 is 5.32 Å². The topological polar surface area (TPSA) is 18.5 Å². The van der Waals surface area contributed by atoms with Crippen molar-refractivity contribution in [2.75, 3.05) is 32.7 Å². The van der Waals surface area contributed by atoms with Crippen LogP contribution in [0.15, 0.2) is 0 Å². The predicted molar refractivity (Wildman–Crippen MR) is 78.0 cm³/mol. The Morgan fingerprint density at radius 2 is 2.11 bits per heavy atom. The van der Waals surface area contributed by atoms with Crippen LogP contribution in [0, 0.1) is 0 Å². The number of rotatable bonds is 4. The fourth-order valence-electron chi connectivity index (χ4n) is 3.58. The molecule has 18 heavy (non-hydrogen) atoms. The SMILES string of the molecule is CCN1CCN(C(C)CC2CCCCN2)CC1C. The number of piperidine rings is 1. The highest BCUT2D eigenvalue weighted by molar-refractivity contribution is 4.84. The van der Waals surface area contributed by atoms with Crippen molar-refractivity contribution >= 4 is 0 Å². The van der Waals surface area contributed by atoms with Crippen LogP contribution in [0.5, 0.6) is 0 Å². The van der Waals surface area contributed by atoms with E-state index in [0.29, 0.717) is 0 Å². The predicted octanol–water partition coefficient (Wildman–Crippen LogP) is 1.93. The molecule has 0 aromatic carbocycles. The maximum Gasteiger partial charge on any atom is 0.0195 e. The van der Waals surface area contributed by atoms with Gasteiger partial charge in [0.15, 0.2) is 0 Å². The molecule has 2 saturated heterocycles. The van der Waals surface area contributed by atoms with Crippen molar-refractivity contribution in [3.8, 4) is 0 Å². The van der Waals surface area contributed by atoms with Crippen LogP contribution in [0.1, 0.15) is 46.5 Å². The third-order valence-corrected chi connectivity index (χ3v) is 4.86. The second kappa shape index (κ2) is 6.88. The lowest BCUT2D eigenvalue weighted by atomic mass is 9.97. The van der Waals surface area contributed by atoms with Crippen LogP contribution in [-0.4, -0.2) is 60.6 Å². The van der Waals surface area contributed by atoms with E-state index in [1.54, 1.807) is 0 Å². The first kappa shape index (κ1) is 14.3. The standard InChI is InChI=1S/C15H31N3/c1-4-17-9-10-18(12-14(17)3)13(2)11-15-7-5-6-8-16-15/h13-16H,4-12H2,1-3H3. The van der Waals surface area contributed by atoms with Crippen molar-refractivity contribution in [2.45, 2.75) is 64.6 Å². The zero-order chi connectivity index (χ0) is 13.0. The van der Waals surface area contributed by atoms with Crippen LogP contribution in [0.2, 0.25) is 0 Å². The zero-order valence-corrected chi connectivity index (χ0v) is 12.5. The van der Waals surface area contributed by atoms with Crippen molar-refractivity contribution in [2.24, 2.45) is 0 Å². The zero-order valence-electron chi connectivity index (χ0n) is 12.5. The third kappa shape index (κ3) is 3.69. The first-order valence-corrected chi connectivity index (χ1v) is 7.92. The van der Waals surface area contributed by atoms with E-state index >= 15 is 0 Å². The second-order valence-corrected chi connectivity index (χ2v) is 6.20. The Kier molecular flexibility index (Phi) is 5.46. The molecule has 2 aliphatic rings. The van der Waals surface area contributed by atoms with Gasteiger partial charge in [-0.15, -0.1) is 0 Å². The molecule has 0 radical (unpaired) electrons. The van der Waals surface area contributed by atoms with Crippen molar-refractivity contribution in [3.05, 3.63) is 0 Å². The van der Waals surface area contributed by atoms with Crippen molar-refractivity contribution in [1.29, 1.82) is 0 Å². The minimum absolute atomic E-state index is 0.727. The van der Waals surface area contributed by atoms with E-state index in [1.165, 1.54) is 58.4 Å². The van der Waals surface area contributed by atoms with Gasteiger partial charge in [0.05, 0.1) is 0 Å². The molecule has 1 N–H and O–H groups in total. The number of hydrogen-bond acceptors (Lipinski definition) is 3. The largest absolute Gasteiger partial charge is 0.314 e. The Labute approximate surface area is 113 Å². The molecule has 3 heteroatoms. The summed E-state index contributed by atoms with van der Waals surface area (Å²) in [6.45, 7) is 13.3. The molecule has 0 amide bonds. The highest BCUT2D eigenvalue weighted by atomic mass is 15.3. The summed E-state index contributed by atoms with van der Waals surface area (Å²) in [5.41, 5.74) is 0. The van der Waals surface area contributed by atoms with Gasteiger partial charge < -0.3 is 5.32 Å². The normalized spacial score (nSPS) is 33.5. The molecule has 2 heterocycles. The summed E-state index contributed by atoms with van der Waals surface area (Å²) in [6, 6.07) is 2.24. The van der Waals surface area contributed by atoms with Gasteiger partial charge in [-0.25, -0.2) is 0 Å². The van der Waals surface area contributed by atoms with E-state index in [-0.39, 0.29) is 0 Å². The fraction of sp³-hybridized carbons (Fsp3) is 1.00. The van der Waals surface area contributed by atoms with Gasteiger partial charge >= 0.3 is 0 Å². The molecule has 3 atom stereocenters. The average molecular weight is 253 g/mol. The maximum absolute atomic E-state index is 3.68. The highest BCUT2D eigenvalue weighted by Crippen LogP contribution is 2.18. The fourth-order valence-corrected chi connectivity index (χ4v) is 3.58. The van der Waals surface area contributed by atoms with Crippen LogP contribution in [-0.2, 0) is 0 Å². The quantitative estimate of drug-likeness (QED) is 0.826. The number of piperazine rings is 1. The van der Waals surface area contributed by atoms with Gasteiger partial charge in [-0.3, -0.25) is 9.80 Å². The molecule has 0 aromatic rings. The summed E-state index contributed by atoms with van der Waals surface area (Å²) < 4.78 is 0. The Morgan fingerprint density at radius 1 is 1.28 bits per heavy atom. The molecule has 3 unspecified atom stereocenters. The van der Waals surface area contributed by atoms with E-state index in [1.807, 2.05) is 0 Å². The molecule has 0 bridgehead atoms. The number of likely N-dealkylation sites (N-methyl/N-ethyl adjacent to an activating group) is 1. The molecule has 106 valence electrons. The van der Waals surface area contributed by atoms with Crippen LogP contribution >= 0.6 is 0 Å². The highest BCUT2D eigenvalue weighted by Gasteiger charge is 2.27. The third-order valence-electron chi connectivity index (χ3n) is 4.86. The maximum atomic E-state index is 3.68. The Bertz CT molecular complexity index is 238. The Hall–Kier alpha value is -0.120. The van der Waals surface area contributed by atoms with Gasteiger partial charge in [0.2, 0.25) is 0 Å². The number of nitrogens with zero attached hydrogens (tertiary/aromatic N) is 2. The smallest absolute Gasteiger partial charge is 0.0195 e. The Balaban J connectivity index is 1.76. The lowest BCUT2D eigenvalue weighted by molar-refractivity contribution is 0.0570. The summed E-state index contributed by atoms with van der Waals surface area (Å²) in [5.74, 6) is 0. The van der Waals surface area contributed by atoms with Gasteiger partial charge in [-0.1, -0.05) is 13.3 Å². The van der Waals surface area contributed by atoms with Crippen molar-refractivity contribution in [3.63, 3.8) is 0 Å². The van der Waals surface area contributed by atoms with E-state index in [9.17, 15) is 0 Å². The summed E-state index contributed by atoms with van der Waals surface area (Å²) in [6.07, 6.45) is 5.51. The average Bonchev–Trinajstić information content (AvgIpc) is 2.39. The molecule has 2 aliphatic heterocycles. The van der Waals surface area contributed by atoms with Crippen LogP contribution in [0.25, 0.3) is 0 Å². The van der Waals surface area contributed by atoms with Gasteiger partial charge in [-0.2, -0.15) is 0 Å². The molecule has 0 spiro atoms. The molecule has 0 saturated carbocycles. The first-order valence-electron chi connectivity index (χ1n) is 7.92. The second-order valence-electron chi connectivity index (χ2n) is 6.20. The lowest BCUT2D eigenvalue weighted by Crippen LogP contribution is -2.55. The van der Waals surface area contributed by atoms with Gasteiger partial charge in [0.25, 0.3) is 0 Å². The van der Waals surface area contributed by atoms with E-state index in [4.69, 9.17) is 0 Å². The molecule has 3 nitrogen and oxygen atoms in total. The van der Waals surface area contributed by atoms with Gasteiger partial charge in [0.1, 0.15) is 0 Å². The van der Waals surface area contributed by atoms with Gasteiger partial charge in [0, 0.05) is 37.8 Å². The van der Waals surface area contributed by atoms with E-state index < -0.39 is 0 Å². The lowest BCUT2D eigenvalue weighted by Gasteiger charge is -2.43. The molecule has 2 fully saturated rings. The summed E-state index contributed by atoms with van der Waals surface area (Å²) in [4.78, 5) is 5.30. The van der Waals surface area contributed by atoms with Crippen molar-refractivity contribution in [1.82, 2.24) is 15.1 Å². The Morgan fingerprint density at radius 3 is 2.72 bits per heavy atom. The van der Waals surface area contributed by atoms with Gasteiger partial charge in [-0.05, 0) is 46.2 Å². The molecule has 0 aliphatic carbocycles. The minimum Gasteiger partial charge on any atom is -0.314 e. The summed E-state index contributed by atoms with van der Waals surface area (Å²) in [5, 5.41) is 3.68. The minimum atomic E-state index is 0.727. The van der Waals surface area contributed by atoms with Crippen LogP contribution in [0.3, 0.4) is 0 Å². The monoisotopic (exact) mass is 253 g/mol. The number of nitrogens with one attached hydrogen (secondary N) is 1. The number of hydrogen-bond donors (Lipinski definition) is 1. The molecule has 0 aromatic heterocycles. The van der Waals surface area contributed by atoms with E-state index in [0.717, 1.165) is 18.1 Å². The molecular formula is C15H31N3. The molecule has 2 rings (SSSR count). The van der Waals surface area contributed by atoms with E-state index in [2.05, 4.69) is 35.9 Å². The van der Waals surface area contributed by atoms with Crippen LogP contribution in [0.4, 0.5) is 0 Å². The summed E-state index contributed by atoms with van der Waals surface area (Å²) in [7, 11) is 0.